The molecule has 0 bridgehead atoms. The van der Waals surface area contributed by atoms with Crippen molar-refractivity contribution in [3.05, 3.63) is 23.2 Å². The Morgan fingerprint density at radius 2 is 2.36 bits per heavy atom. The fraction of sp³-hybridized carbons (Fsp3) is 0.667. The first kappa shape index (κ1) is 9.78. The zero-order valence-corrected chi connectivity index (χ0v) is 9.26. The number of fused-ring (bicyclic) bond motifs is 1. The Morgan fingerprint density at radius 1 is 1.57 bits per heavy atom. The lowest BCUT2D eigenvalue weighted by Gasteiger charge is -2.27. The molecule has 2 atom stereocenters. The van der Waals surface area contributed by atoms with Gasteiger partial charge in [-0.1, -0.05) is 6.92 Å². The highest BCUT2D eigenvalue weighted by atomic mass is 16.3. The molecule has 0 spiro atoms. The Bertz CT molecular complexity index is 316. The molecule has 0 saturated heterocycles. The van der Waals surface area contributed by atoms with Gasteiger partial charge in [-0.05, 0) is 37.9 Å². The van der Waals surface area contributed by atoms with E-state index < -0.39 is 0 Å². The van der Waals surface area contributed by atoms with E-state index in [0.29, 0.717) is 5.92 Å². The minimum Gasteiger partial charge on any atom is -0.466 e. The van der Waals surface area contributed by atoms with Crippen LogP contribution in [0.25, 0.3) is 0 Å². The number of rotatable bonds is 2. The molecular weight excluding hydrogens is 174 g/mol. The third-order valence-corrected chi connectivity index (χ3v) is 3.30. The zero-order chi connectivity index (χ0) is 10.1. The van der Waals surface area contributed by atoms with Crippen LogP contribution in [-0.2, 0) is 6.42 Å². The second-order valence-corrected chi connectivity index (χ2v) is 4.42. The molecule has 14 heavy (non-hydrogen) atoms. The second-order valence-electron chi connectivity index (χ2n) is 4.42. The van der Waals surface area contributed by atoms with Gasteiger partial charge in [0.2, 0.25) is 0 Å². The highest BCUT2D eigenvalue weighted by Gasteiger charge is 2.28. The summed E-state index contributed by atoms with van der Waals surface area (Å²) < 4.78 is 5.70. The first-order valence-electron chi connectivity index (χ1n) is 5.46. The lowest BCUT2D eigenvalue weighted by molar-refractivity contribution is 0.356. The summed E-state index contributed by atoms with van der Waals surface area (Å²) >= 11 is 0. The summed E-state index contributed by atoms with van der Waals surface area (Å²) in [4.78, 5) is 0. The van der Waals surface area contributed by atoms with Gasteiger partial charge in [-0.3, -0.25) is 0 Å². The van der Waals surface area contributed by atoms with Crippen molar-refractivity contribution in [1.82, 2.24) is 5.32 Å². The fourth-order valence-corrected chi connectivity index (χ4v) is 2.49. The maximum Gasteiger partial charge on any atom is 0.107 e. The van der Waals surface area contributed by atoms with E-state index in [4.69, 9.17) is 4.42 Å². The van der Waals surface area contributed by atoms with E-state index in [-0.39, 0.29) is 0 Å². The third kappa shape index (κ3) is 1.59. The maximum absolute atomic E-state index is 5.70. The van der Waals surface area contributed by atoms with E-state index in [2.05, 4.69) is 18.3 Å². The molecule has 0 aromatic carbocycles. The number of hydrogen-bond donors (Lipinski definition) is 1. The molecule has 0 fully saturated rings. The van der Waals surface area contributed by atoms with Crippen molar-refractivity contribution >= 4 is 0 Å². The summed E-state index contributed by atoms with van der Waals surface area (Å²) in [7, 11) is 2.02. The summed E-state index contributed by atoms with van der Waals surface area (Å²) in [6, 6.07) is 2.22. The SMILES string of the molecule is CNCC1c2cc(C)oc2CCC1C. The van der Waals surface area contributed by atoms with Crippen LogP contribution >= 0.6 is 0 Å². The van der Waals surface area contributed by atoms with Crippen molar-refractivity contribution in [2.75, 3.05) is 13.6 Å². The lowest BCUT2D eigenvalue weighted by Crippen LogP contribution is -2.26. The molecule has 0 amide bonds. The van der Waals surface area contributed by atoms with Gasteiger partial charge in [-0.2, -0.15) is 0 Å². The van der Waals surface area contributed by atoms with Crippen LogP contribution in [0.2, 0.25) is 0 Å². The maximum atomic E-state index is 5.70. The number of nitrogens with one attached hydrogen (secondary N) is 1. The molecule has 2 nitrogen and oxygen atoms in total. The smallest absolute Gasteiger partial charge is 0.107 e. The molecule has 0 aliphatic heterocycles. The monoisotopic (exact) mass is 193 g/mol. The molecule has 2 heteroatoms. The molecule has 1 aliphatic carbocycles. The molecule has 1 heterocycles. The molecule has 1 aromatic rings. The van der Waals surface area contributed by atoms with Crippen LogP contribution in [0.1, 0.15) is 36.3 Å². The molecule has 78 valence electrons. The molecule has 1 N–H and O–H groups in total. The fourth-order valence-electron chi connectivity index (χ4n) is 2.49. The molecule has 1 aliphatic rings. The number of hydrogen-bond acceptors (Lipinski definition) is 2. The first-order chi connectivity index (χ1) is 6.72. The van der Waals surface area contributed by atoms with Gasteiger partial charge in [-0.15, -0.1) is 0 Å². The van der Waals surface area contributed by atoms with Crippen LogP contribution in [0.15, 0.2) is 10.5 Å². The van der Waals surface area contributed by atoms with Crippen molar-refractivity contribution < 1.29 is 4.42 Å². The Balaban J connectivity index is 2.30. The topological polar surface area (TPSA) is 25.2 Å². The van der Waals surface area contributed by atoms with Gasteiger partial charge in [0.05, 0.1) is 0 Å². The Kier molecular flexibility index (Phi) is 2.64. The third-order valence-electron chi connectivity index (χ3n) is 3.30. The Morgan fingerprint density at radius 3 is 3.07 bits per heavy atom. The summed E-state index contributed by atoms with van der Waals surface area (Å²) in [5.74, 6) is 3.69. The average Bonchev–Trinajstić information content (AvgIpc) is 2.51. The second kappa shape index (κ2) is 3.77. The van der Waals surface area contributed by atoms with Gasteiger partial charge in [0.15, 0.2) is 0 Å². The van der Waals surface area contributed by atoms with E-state index in [1.807, 2.05) is 14.0 Å². The van der Waals surface area contributed by atoms with E-state index >= 15 is 0 Å². The molecule has 1 aromatic heterocycles. The largest absolute Gasteiger partial charge is 0.466 e. The molecule has 2 unspecified atom stereocenters. The molecular formula is C12H19NO. The molecule has 2 rings (SSSR count). The molecule has 0 saturated carbocycles. The number of aryl methyl sites for hydroxylation is 2. The van der Waals surface area contributed by atoms with Gasteiger partial charge in [0.1, 0.15) is 11.5 Å². The van der Waals surface area contributed by atoms with Gasteiger partial charge in [0.25, 0.3) is 0 Å². The van der Waals surface area contributed by atoms with Crippen molar-refractivity contribution in [1.29, 1.82) is 0 Å². The predicted octanol–water partition coefficient (Wildman–Crippen LogP) is 2.47. The summed E-state index contributed by atoms with van der Waals surface area (Å²) in [5, 5.41) is 3.28. The van der Waals surface area contributed by atoms with Crippen molar-refractivity contribution in [2.24, 2.45) is 5.92 Å². The van der Waals surface area contributed by atoms with Crippen molar-refractivity contribution in [3.63, 3.8) is 0 Å². The number of likely N-dealkylation sites (N-methyl/N-ethyl adjacent to an activating group) is 1. The van der Waals surface area contributed by atoms with Gasteiger partial charge < -0.3 is 9.73 Å². The highest BCUT2D eigenvalue weighted by molar-refractivity contribution is 5.29. The van der Waals surface area contributed by atoms with E-state index in [1.54, 1.807) is 0 Å². The van der Waals surface area contributed by atoms with Crippen LogP contribution in [-0.4, -0.2) is 13.6 Å². The summed E-state index contributed by atoms with van der Waals surface area (Å²) in [6.07, 6.45) is 2.37. The van der Waals surface area contributed by atoms with Crippen LogP contribution in [0, 0.1) is 12.8 Å². The summed E-state index contributed by atoms with van der Waals surface area (Å²) in [5.41, 5.74) is 1.44. The van der Waals surface area contributed by atoms with Crippen molar-refractivity contribution in [2.45, 2.75) is 32.6 Å². The Hall–Kier alpha value is -0.760. The Labute approximate surface area is 85.7 Å². The van der Waals surface area contributed by atoms with E-state index in [9.17, 15) is 0 Å². The van der Waals surface area contributed by atoms with Crippen molar-refractivity contribution in [3.8, 4) is 0 Å². The van der Waals surface area contributed by atoms with Crippen LogP contribution in [0.3, 0.4) is 0 Å². The van der Waals surface area contributed by atoms with E-state index in [0.717, 1.165) is 24.6 Å². The predicted molar refractivity (Wildman–Crippen MR) is 57.6 cm³/mol. The zero-order valence-electron chi connectivity index (χ0n) is 9.26. The molecule has 0 radical (unpaired) electrons. The highest BCUT2D eigenvalue weighted by Crippen LogP contribution is 2.37. The first-order valence-corrected chi connectivity index (χ1v) is 5.46. The van der Waals surface area contributed by atoms with Gasteiger partial charge in [0, 0.05) is 18.9 Å². The van der Waals surface area contributed by atoms with Gasteiger partial charge in [-0.25, -0.2) is 0 Å². The normalized spacial score (nSPS) is 26.2. The minimum absolute atomic E-state index is 0.640. The quantitative estimate of drug-likeness (QED) is 0.780. The van der Waals surface area contributed by atoms with Crippen LogP contribution in [0.5, 0.6) is 0 Å². The van der Waals surface area contributed by atoms with Crippen LogP contribution in [0.4, 0.5) is 0 Å². The minimum atomic E-state index is 0.640. The lowest BCUT2D eigenvalue weighted by atomic mass is 9.79. The number of furan rings is 1. The van der Waals surface area contributed by atoms with E-state index in [1.165, 1.54) is 17.7 Å². The standard InChI is InChI=1S/C12H19NO/c1-8-4-5-12-10(6-9(2)14-12)11(8)7-13-3/h6,8,11,13H,4-5,7H2,1-3H3. The summed E-state index contributed by atoms with van der Waals surface area (Å²) in [6.45, 7) is 5.44. The average molecular weight is 193 g/mol. The van der Waals surface area contributed by atoms with Crippen LogP contribution < -0.4 is 5.32 Å². The van der Waals surface area contributed by atoms with Gasteiger partial charge >= 0.3 is 0 Å².